The summed E-state index contributed by atoms with van der Waals surface area (Å²) in [5, 5.41) is 9.68. The van der Waals surface area contributed by atoms with E-state index in [-0.39, 0.29) is 23.7 Å². The Balaban J connectivity index is 2.50. The Bertz CT molecular complexity index is 536. The van der Waals surface area contributed by atoms with Gasteiger partial charge in [0.25, 0.3) is 0 Å². The molecule has 3 nitrogen and oxygen atoms in total. The van der Waals surface area contributed by atoms with E-state index in [1.807, 2.05) is 19.1 Å². The van der Waals surface area contributed by atoms with E-state index in [1.165, 1.54) is 0 Å². The lowest BCUT2D eigenvalue weighted by Gasteiger charge is -2.33. The van der Waals surface area contributed by atoms with Crippen LogP contribution in [0.2, 0.25) is 0 Å². The van der Waals surface area contributed by atoms with Crippen molar-refractivity contribution in [2.45, 2.75) is 37.5 Å². The van der Waals surface area contributed by atoms with Crippen LogP contribution in [0, 0.1) is 5.41 Å². The van der Waals surface area contributed by atoms with Gasteiger partial charge in [0.1, 0.15) is 0 Å². The topological polar surface area (TPSA) is 54.4 Å². The Hall–Kier alpha value is -0.870. The van der Waals surface area contributed by atoms with Crippen molar-refractivity contribution < 1.29 is 13.5 Å². The predicted octanol–water partition coefficient (Wildman–Crippen LogP) is 2.36. The number of benzene rings is 1. The van der Waals surface area contributed by atoms with Gasteiger partial charge in [0, 0.05) is 12.5 Å². The maximum atomic E-state index is 12.1. The lowest BCUT2D eigenvalue weighted by atomic mass is 9.72. The van der Waals surface area contributed by atoms with Gasteiger partial charge in [-0.3, -0.25) is 0 Å². The van der Waals surface area contributed by atoms with Crippen LogP contribution >= 0.6 is 0 Å². The molecular weight excluding hydrogens is 248 g/mol. The average Bonchev–Trinajstić information content (AvgIpc) is 2.63. The molecule has 100 valence electrons. The minimum absolute atomic E-state index is 0.0232. The fraction of sp³-hybridized carbons (Fsp3) is 0.571. The van der Waals surface area contributed by atoms with Gasteiger partial charge in [0.2, 0.25) is 0 Å². The number of hydrogen-bond acceptors (Lipinski definition) is 3. The van der Waals surface area contributed by atoms with E-state index >= 15 is 0 Å². The molecule has 0 spiro atoms. The Kier molecular flexibility index (Phi) is 3.52. The lowest BCUT2D eigenvalue weighted by Crippen LogP contribution is -2.30. The fourth-order valence-electron chi connectivity index (χ4n) is 2.96. The van der Waals surface area contributed by atoms with Crippen LogP contribution < -0.4 is 0 Å². The number of aliphatic hydroxyl groups is 1. The molecule has 1 aromatic rings. The summed E-state index contributed by atoms with van der Waals surface area (Å²) in [6, 6.07) is 7.19. The molecule has 18 heavy (non-hydrogen) atoms. The predicted molar refractivity (Wildman–Crippen MR) is 71.3 cm³/mol. The summed E-state index contributed by atoms with van der Waals surface area (Å²) in [5.41, 5.74) is 0.525. The Morgan fingerprint density at radius 3 is 2.67 bits per heavy atom. The molecular formula is C14H20O3S. The standard InChI is InChI=1S/C14H20O3S/c1-3-8-14(2,10-15)12-9-18(16,17)13-7-5-4-6-11(12)13/h4-7,12,15H,3,8-10H2,1-2H3. The molecule has 1 aliphatic rings. The maximum Gasteiger partial charge on any atom is 0.179 e. The molecule has 1 aliphatic heterocycles. The van der Waals surface area contributed by atoms with Crippen molar-refractivity contribution in [2.24, 2.45) is 5.41 Å². The molecule has 0 amide bonds. The van der Waals surface area contributed by atoms with E-state index < -0.39 is 9.84 Å². The van der Waals surface area contributed by atoms with Crippen LogP contribution in [0.1, 0.15) is 38.2 Å². The normalized spacial score (nSPS) is 24.5. The van der Waals surface area contributed by atoms with Crippen LogP contribution in [-0.2, 0) is 9.84 Å². The Labute approximate surface area is 109 Å². The summed E-state index contributed by atoms with van der Waals surface area (Å²) < 4.78 is 24.3. The molecule has 2 unspecified atom stereocenters. The molecule has 0 bridgehead atoms. The zero-order valence-electron chi connectivity index (χ0n) is 10.9. The first kappa shape index (κ1) is 13.6. The van der Waals surface area contributed by atoms with Crippen molar-refractivity contribution >= 4 is 9.84 Å². The minimum Gasteiger partial charge on any atom is -0.396 e. The quantitative estimate of drug-likeness (QED) is 0.912. The highest BCUT2D eigenvalue weighted by Crippen LogP contribution is 2.47. The Morgan fingerprint density at radius 2 is 2.06 bits per heavy atom. The Morgan fingerprint density at radius 1 is 1.39 bits per heavy atom. The first-order chi connectivity index (χ1) is 8.44. The van der Waals surface area contributed by atoms with Gasteiger partial charge in [-0.2, -0.15) is 0 Å². The van der Waals surface area contributed by atoms with Gasteiger partial charge in [-0.15, -0.1) is 0 Å². The summed E-state index contributed by atoms with van der Waals surface area (Å²) in [5.74, 6) is 0.0345. The number of sulfone groups is 1. The molecule has 0 saturated heterocycles. The van der Waals surface area contributed by atoms with Crippen LogP contribution in [-0.4, -0.2) is 25.9 Å². The van der Waals surface area contributed by atoms with Gasteiger partial charge in [0.05, 0.1) is 10.6 Å². The van der Waals surface area contributed by atoms with Gasteiger partial charge in [0.15, 0.2) is 9.84 Å². The zero-order valence-corrected chi connectivity index (χ0v) is 11.7. The van der Waals surface area contributed by atoms with Crippen LogP contribution in [0.15, 0.2) is 29.2 Å². The first-order valence-corrected chi connectivity index (χ1v) is 8.02. The van der Waals surface area contributed by atoms with E-state index in [0.29, 0.717) is 4.90 Å². The third-order valence-corrected chi connectivity index (χ3v) is 5.85. The van der Waals surface area contributed by atoms with E-state index in [2.05, 4.69) is 6.92 Å². The molecule has 0 aliphatic carbocycles. The molecule has 2 rings (SSSR count). The average molecular weight is 268 g/mol. The van der Waals surface area contributed by atoms with Gasteiger partial charge in [-0.05, 0) is 23.5 Å². The van der Waals surface area contributed by atoms with Crippen molar-refractivity contribution in [1.82, 2.24) is 0 Å². The van der Waals surface area contributed by atoms with Crippen molar-refractivity contribution in [3.63, 3.8) is 0 Å². The smallest absolute Gasteiger partial charge is 0.179 e. The summed E-state index contributed by atoms with van der Waals surface area (Å²) in [6.07, 6.45) is 1.77. The first-order valence-electron chi connectivity index (χ1n) is 6.37. The third kappa shape index (κ3) is 2.08. The highest BCUT2D eigenvalue weighted by Gasteiger charge is 2.44. The van der Waals surface area contributed by atoms with Crippen molar-refractivity contribution in [2.75, 3.05) is 12.4 Å². The highest BCUT2D eigenvalue weighted by atomic mass is 32.2. The summed E-state index contributed by atoms with van der Waals surface area (Å²) in [7, 11) is -3.18. The number of fused-ring (bicyclic) bond motifs is 1. The van der Waals surface area contributed by atoms with Crippen molar-refractivity contribution in [3.05, 3.63) is 29.8 Å². The molecule has 1 aromatic carbocycles. The summed E-state index contributed by atoms with van der Waals surface area (Å²) >= 11 is 0. The second-order valence-corrected chi connectivity index (χ2v) is 7.44. The van der Waals surface area contributed by atoms with Crippen LogP contribution in [0.4, 0.5) is 0 Å². The van der Waals surface area contributed by atoms with Crippen LogP contribution in [0.3, 0.4) is 0 Å². The van der Waals surface area contributed by atoms with Gasteiger partial charge < -0.3 is 5.11 Å². The number of hydrogen-bond donors (Lipinski definition) is 1. The zero-order chi connectivity index (χ0) is 13.4. The highest BCUT2D eigenvalue weighted by molar-refractivity contribution is 7.91. The second kappa shape index (κ2) is 4.67. The lowest BCUT2D eigenvalue weighted by molar-refractivity contribution is 0.109. The van der Waals surface area contributed by atoms with E-state index in [0.717, 1.165) is 18.4 Å². The van der Waals surface area contributed by atoms with E-state index in [4.69, 9.17) is 0 Å². The number of rotatable bonds is 4. The molecule has 0 fully saturated rings. The largest absolute Gasteiger partial charge is 0.396 e. The van der Waals surface area contributed by atoms with Crippen molar-refractivity contribution in [3.8, 4) is 0 Å². The van der Waals surface area contributed by atoms with Gasteiger partial charge >= 0.3 is 0 Å². The molecule has 1 heterocycles. The molecule has 2 atom stereocenters. The molecule has 0 aromatic heterocycles. The van der Waals surface area contributed by atoms with Crippen molar-refractivity contribution in [1.29, 1.82) is 0 Å². The monoisotopic (exact) mass is 268 g/mol. The summed E-state index contributed by atoms with van der Waals surface area (Å²) in [6.45, 7) is 4.07. The molecule has 1 N–H and O–H groups in total. The minimum atomic E-state index is -3.18. The number of aliphatic hydroxyl groups excluding tert-OH is 1. The second-order valence-electron chi connectivity index (χ2n) is 5.43. The fourth-order valence-corrected chi connectivity index (χ4v) is 5.02. The maximum absolute atomic E-state index is 12.1. The van der Waals surface area contributed by atoms with Gasteiger partial charge in [-0.1, -0.05) is 38.5 Å². The third-order valence-electron chi connectivity index (χ3n) is 4.04. The summed E-state index contributed by atoms with van der Waals surface area (Å²) in [4.78, 5) is 0.450. The molecule has 4 heteroatoms. The van der Waals surface area contributed by atoms with Crippen LogP contribution in [0.25, 0.3) is 0 Å². The van der Waals surface area contributed by atoms with E-state index in [1.54, 1.807) is 12.1 Å². The SMILES string of the molecule is CCCC(C)(CO)C1CS(=O)(=O)c2ccccc21. The van der Waals surface area contributed by atoms with E-state index in [9.17, 15) is 13.5 Å². The van der Waals surface area contributed by atoms with Gasteiger partial charge in [-0.25, -0.2) is 8.42 Å². The molecule has 0 radical (unpaired) electrons. The molecule has 0 saturated carbocycles. The van der Waals surface area contributed by atoms with Crippen LogP contribution in [0.5, 0.6) is 0 Å².